The van der Waals surface area contributed by atoms with E-state index in [1.54, 1.807) is 7.11 Å². The number of β-amino-alcohol motifs (C(OH)–C–C–N with tert-alkyl or cyclic N) is 1. The average molecular weight is 489 g/mol. The van der Waals surface area contributed by atoms with Gasteiger partial charge in [0.25, 0.3) is 0 Å². The van der Waals surface area contributed by atoms with Crippen LogP contribution in [0.3, 0.4) is 0 Å². The molecule has 2 aromatic rings. The lowest BCUT2D eigenvalue weighted by Crippen LogP contribution is -2.44. The molecule has 8 heteroatoms. The van der Waals surface area contributed by atoms with Crippen LogP contribution in [-0.2, 0) is 4.79 Å². The zero-order chi connectivity index (χ0) is 24.9. The molecule has 1 aliphatic carbocycles. The summed E-state index contributed by atoms with van der Waals surface area (Å²) in [5, 5.41) is 13.7. The van der Waals surface area contributed by atoms with Crippen molar-refractivity contribution in [2.24, 2.45) is 5.92 Å². The molecule has 0 bridgehead atoms. The van der Waals surface area contributed by atoms with E-state index in [1.165, 1.54) is 12.2 Å². The molecule has 2 fully saturated rings. The predicted octanol–water partition coefficient (Wildman–Crippen LogP) is 4.26. The van der Waals surface area contributed by atoms with Crippen molar-refractivity contribution in [1.82, 2.24) is 10.2 Å². The zero-order valence-electron chi connectivity index (χ0n) is 19.7. The molecule has 4 rings (SSSR count). The molecule has 0 spiro atoms. The maximum Gasteiger partial charge on any atom is 0.244 e. The third-order valence-electron chi connectivity index (χ3n) is 7.05. The molecule has 2 unspecified atom stereocenters. The molecule has 4 atom stereocenters. The Morgan fingerprint density at radius 3 is 2.51 bits per heavy atom. The van der Waals surface area contributed by atoms with Crippen LogP contribution in [0.5, 0.6) is 5.75 Å². The minimum absolute atomic E-state index is 0.0283. The number of methoxy groups -OCH3 is 1. The molecule has 188 valence electrons. The van der Waals surface area contributed by atoms with Crippen molar-refractivity contribution in [3.63, 3.8) is 0 Å². The summed E-state index contributed by atoms with van der Waals surface area (Å²) >= 11 is 0. The van der Waals surface area contributed by atoms with Gasteiger partial charge >= 0.3 is 0 Å². The van der Waals surface area contributed by atoms with Gasteiger partial charge in [-0.05, 0) is 79.6 Å². The number of hydrogen-bond donors (Lipinski definition) is 2. The van der Waals surface area contributed by atoms with E-state index in [-0.39, 0.29) is 23.4 Å². The number of carbonyl (C=O) groups excluding carboxylic acids is 1. The van der Waals surface area contributed by atoms with Gasteiger partial charge in [-0.15, -0.1) is 0 Å². The molecule has 1 aliphatic heterocycles. The number of halogens is 3. The number of nitrogens with one attached hydrogen (secondary N) is 1. The van der Waals surface area contributed by atoms with E-state index < -0.39 is 23.6 Å². The summed E-state index contributed by atoms with van der Waals surface area (Å²) in [6, 6.07) is 9.61. The van der Waals surface area contributed by atoms with Gasteiger partial charge in [0.1, 0.15) is 5.75 Å². The van der Waals surface area contributed by atoms with Crippen LogP contribution >= 0.6 is 0 Å². The van der Waals surface area contributed by atoms with E-state index in [0.29, 0.717) is 12.5 Å². The van der Waals surface area contributed by atoms with Crippen molar-refractivity contribution >= 4 is 12.0 Å². The molecule has 2 aromatic carbocycles. The summed E-state index contributed by atoms with van der Waals surface area (Å²) < 4.78 is 44.9. The highest BCUT2D eigenvalue weighted by atomic mass is 19.2. The normalized spacial score (nSPS) is 25.2. The first-order chi connectivity index (χ1) is 16.8. The smallest absolute Gasteiger partial charge is 0.244 e. The Hall–Kier alpha value is -2.84. The molecule has 2 aliphatic rings. The summed E-state index contributed by atoms with van der Waals surface area (Å²) in [6.07, 6.45) is 5.61. The number of hydrogen-bond acceptors (Lipinski definition) is 4. The third kappa shape index (κ3) is 6.44. The van der Waals surface area contributed by atoms with Crippen LogP contribution in [0.2, 0.25) is 0 Å². The van der Waals surface area contributed by atoms with Gasteiger partial charge in [-0.3, -0.25) is 4.79 Å². The number of nitrogens with zero attached hydrogens (tertiary/aromatic N) is 1. The summed E-state index contributed by atoms with van der Waals surface area (Å²) in [5.41, 5.74) is 1.21. The number of aliphatic hydroxyl groups excluding tert-OH is 1. The fourth-order valence-corrected chi connectivity index (χ4v) is 5.23. The first kappa shape index (κ1) is 25.3. The van der Waals surface area contributed by atoms with E-state index in [1.807, 2.05) is 24.3 Å². The fraction of sp³-hybridized carbons (Fsp3) is 0.444. The third-order valence-corrected chi connectivity index (χ3v) is 7.05. The van der Waals surface area contributed by atoms with Crippen molar-refractivity contribution in [3.05, 3.63) is 71.1 Å². The SMILES string of the molecule is COc1ccc(C2CCN(C[C@@H]3CC[C@H](NC(=O)/C=C/c4cc(F)c(F)c(F)c4)C3)CC2O)cc1. The Kier molecular flexibility index (Phi) is 8.13. The quantitative estimate of drug-likeness (QED) is 0.452. The van der Waals surface area contributed by atoms with Gasteiger partial charge in [0.2, 0.25) is 5.91 Å². The Morgan fingerprint density at radius 2 is 1.86 bits per heavy atom. The highest BCUT2D eigenvalue weighted by molar-refractivity contribution is 5.91. The van der Waals surface area contributed by atoms with Gasteiger partial charge in [0, 0.05) is 31.1 Å². The number of aliphatic hydroxyl groups is 1. The number of ether oxygens (including phenoxy) is 1. The van der Waals surface area contributed by atoms with E-state index in [2.05, 4.69) is 10.2 Å². The van der Waals surface area contributed by atoms with Gasteiger partial charge in [-0.25, -0.2) is 13.2 Å². The molecule has 5 nitrogen and oxygen atoms in total. The van der Waals surface area contributed by atoms with Gasteiger partial charge in [0.15, 0.2) is 17.5 Å². The number of piperidine rings is 1. The summed E-state index contributed by atoms with van der Waals surface area (Å²) in [5.74, 6) is -3.12. The molecule has 0 radical (unpaired) electrons. The number of benzene rings is 2. The Balaban J connectivity index is 1.22. The van der Waals surface area contributed by atoms with E-state index in [4.69, 9.17) is 4.74 Å². The molecule has 1 amide bonds. The standard InChI is InChI=1S/C27H31F3N2O3/c1-35-21-7-4-19(5-8-21)22-10-11-32(16-25(22)33)15-18-2-6-20(12-18)31-26(34)9-3-17-13-23(28)27(30)24(29)14-17/h3-5,7-9,13-14,18,20,22,25,33H,2,6,10-12,15-16H2,1H3,(H,31,34)/b9-3+/t18-,20+,22?,25?/m1/s1. The average Bonchev–Trinajstić information content (AvgIpc) is 3.27. The van der Waals surface area contributed by atoms with Gasteiger partial charge in [0.05, 0.1) is 13.2 Å². The lowest BCUT2D eigenvalue weighted by Gasteiger charge is -2.37. The second kappa shape index (κ2) is 11.3. The van der Waals surface area contributed by atoms with Crippen molar-refractivity contribution in [3.8, 4) is 5.75 Å². The number of carbonyl (C=O) groups is 1. The fourth-order valence-electron chi connectivity index (χ4n) is 5.23. The molecule has 1 saturated heterocycles. The molecule has 1 heterocycles. The Bertz CT molecular complexity index is 1040. The first-order valence-electron chi connectivity index (χ1n) is 12.0. The molecular weight excluding hydrogens is 457 g/mol. The Morgan fingerprint density at radius 1 is 1.14 bits per heavy atom. The number of rotatable bonds is 7. The summed E-state index contributed by atoms with van der Waals surface area (Å²) in [6.45, 7) is 2.41. The van der Waals surface area contributed by atoms with Crippen LogP contribution in [0, 0.1) is 23.4 Å². The van der Waals surface area contributed by atoms with Crippen LogP contribution < -0.4 is 10.1 Å². The van der Waals surface area contributed by atoms with Gasteiger partial charge in [-0.2, -0.15) is 0 Å². The van der Waals surface area contributed by atoms with Crippen LogP contribution in [0.25, 0.3) is 6.08 Å². The summed E-state index contributed by atoms with van der Waals surface area (Å²) in [4.78, 5) is 14.6. The lowest BCUT2D eigenvalue weighted by molar-refractivity contribution is -0.117. The van der Waals surface area contributed by atoms with Crippen molar-refractivity contribution in [2.45, 2.75) is 43.7 Å². The topological polar surface area (TPSA) is 61.8 Å². The monoisotopic (exact) mass is 488 g/mol. The van der Waals surface area contributed by atoms with Gasteiger partial charge in [-0.1, -0.05) is 12.1 Å². The molecule has 0 aromatic heterocycles. The molecular formula is C27H31F3N2O3. The van der Waals surface area contributed by atoms with Crippen molar-refractivity contribution in [1.29, 1.82) is 0 Å². The van der Waals surface area contributed by atoms with Crippen LogP contribution in [0.4, 0.5) is 13.2 Å². The number of likely N-dealkylation sites (tertiary alicyclic amines) is 1. The summed E-state index contributed by atoms with van der Waals surface area (Å²) in [7, 11) is 1.64. The maximum absolute atomic E-state index is 13.3. The first-order valence-corrected chi connectivity index (χ1v) is 12.0. The van der Waals surface area contributed by atoms with E-state index >= 15 is 0 Å². The zero-order valence-corrected chi connectivity index (χ0v) is 19.7. The van der Waals surface area contributed by atoms with Crippen LogP contribution in [0.1, 0.15) is 42.7 Å². The second-order valence-electron chi connectivity index (χ2n) is 9.51. The minimum atomic E-state index is -1.53. The molecule has 2 N–H and O–H groups in total. The van der Waals surface area contributed by atoms with E-state index in [0.717, 1.165) is 62.2 Å². The predicted molar refractivity (Wildman–Crippen MR) is 127 cm³/mol. The molecule has 1 saturated carbocycles. The van der Waals surface area contributed by atoms with Gasteiger partial charge < -0.3 is 20.1 Å². The second-order valence-corrected chi connectivity index (χ2v) is 9.51. The van der Waals surface area contributed by atoms with Crippen LogP contribution in [-0.4, -0.2) is 54.8 Å². The minimum Gasteiger partial charge on any atom is -0.497 e. The van der Waals surface area contributed by atoms with Crippen molar-refractivity contribution in [2.75, 3.05) is 26.7 Å². The van der Waals surface area contributed by atoms with E-state index in [9.17, 15) is 23.1 Å². The number of amides is 1. The maximum atomic E-state index is 13.3. The molecule has 35 heavy (non-hydrogen) atoms. The van der Waals surface area contributed by atoms with Crippen LogP contribution in [0.15, 0.2) is 42.5 Å². The van der Waals surface area contributed by atoms with Crippen molar-refractivity contribution < 1.29 is 27.8 Å². The largest absolute Gasteiger partial charge is 0.497 e. The highest BCUT2D eigenvalue weighted by Crippen LogP contribution is 2.32. The lowest BCUT2D eigenvalue weighted by atomic mass is 9.86. The Labute approximate surface area is 203 Å². The highest BCUT2D eigenvalue weighted by Gasteiger charge is 2.32.